The minimum absolute atomic E-state index is 0.502. The first-order valence-corrected chi connectivity index (χ1v) is 3.38. The molecule has 0 saturated carbocycles. The lowest BCUT2D eigenvalue weighted by Gasteiger charge is -2.12. The van der Waals surface area contributed by atoms with Crippen LogP contribution >= 0.6 is 0 Å². The van der Waals surface area contributed by atoms with Gasteiger partial charge in [-0.15, -0.1) is 0 Å². The van der Waals surface area contributed by atoms with Gasteiger partial charge in [0.15, 0.2) is 0 Å². The fraction of sp³-hybridized carbons (Fsp3) is 0.667. The van der Waals surface area contributed by atoms with E-state index in [-0.39, 0.29) is 0 Å². The Labute approximate surface area is 69.4 Å². The van der Waals surface area contributed by atoms with E-state index in [2.05, 4.69) is 5.32 Å². The number of amides is 1. The topological polar surface area (TPSA) is 113 Å². The molecule has 5 N–H and O–H groups in total. The highest BCUT2D eigenvalue weighted by Gasteiger charge is 2.18. The zero-order valence-corrected chi connectivity index (χ0v) is 6.65. The van der Waals surface area contributed by atoms with Crippen LogP contribution in [0.5, 0.6) is 0 Å². The normalized spacial score (nSPS) is 14.9. The molecule has 0 aromatic heterocycles. The molecule has 2 atom stereocenters. The van der Waals surface area contributed by atoms with Crippen molar-refractivity contribution in [1.29, 1.82) is 0 Å². The number of hydrogen-bond donors (Lipinski definition) is 4. The molecule has 70 valence electrons. The van der Waals surface area contributed by atoms with Crippen LogP contribution in [0.1, 0.15) is 6.92 Å². The molecule has 0 aromatic rings. The number of aliphatic hydroxyl groups is 1. The molecule has 1 unspecified atom stereocenters. The van der Waals surface area contributed by atoms with E-state index in [1.807, 2.05) is 0 Å². The molecule has 6 heteroatoms. The van der Waals surface area contributed by atoms with Gasteiger partial charge in [-0.3, -0.25) is 9.59 Å². The second kappa shape index (κ2) is 4.68. The first kappa shape index (κ1) is 10.9. The lowest BCUT2D eigenvalue weighted by molar-refractivity contribution is -0.141. The molecule has 0 saturated heterocycles. The number of nitrogens with one attached hydrogen (secondary N) is 1. The zero-order chi connectivity index (χ0) is 9.72. The predicted molar refractivity (Wildman–Crippen MR) is 40.3 cm³/mol. The zero-order valence-electron chi connectivity index (χ0n) is 6.65. The quantitative estimate of drug-likeness (QED) is 0.392. The molecule has 12 heavy (non-hydrogen) atoms. The van der Waals surface area contributed by atoms with Crippen molar-refractivity contribution in [2.24, 2.45) is 5.73 Å². The maximum Gasteiger partial charge on any atom is 0.325 e. The van der Waals surface area contributed by atoms with Crippen LogP contribution < -0.4 is 11.1 Å². The lowest BCUT2D eigenvalue weighted by atomic mass is 10.2. The number of aliphatic carboxylic acids is 1. The minimum Gasteiger partial charge on any atom is -0.480 e. The molecule has 0 rings (SSSR count). The molecule has 0 aromatic carbocycles. The van der Waals surface area contributed by atoms with Gasteiger partial charge in [0.1, 0.15) is 12.1 Å². The standard InChI is InChI=1S/C6H12N2O4/c1-3(6(11)12)8-5(10)4(7)2-9/h3-4,9H,2,7H2,1H3,(H,8,10)(H,11,12)/t3-,4?/m0/s1. The Kier molecular flexibility index (Phi) is 4.24. The fourth-order valence-electron chi connectivity index (χ4n) is 0.465. The number of hydrogen-bond acceptors (Lipinski definition) is 4. The van der Waals surface area contributed by atoms with Gasteiger partial charge >= 0.3 is 5.97 Å². The van der Waals surface area contributed by atoms with Gasteiger partial charge in [-0.05, 0) is 6.92 Å². The first-order chi connectivity index (χ1) is 5.49. The van der Waals surface area contributed by atoms with Crippen molar-refractivity contribution in [2.45, 2.75) is 19.0 Å². The third-order valence-electron chi connectivity index (χ3n) is 1.26. The van der Waals surface area contributed by atoms with Crippen LogP contribution in [0, 0.1) is 0 Å². The maximum atomic E-state index is 10.8. The van der Waals surface area contributed by atoms with Gasteiger partial charge in [0.05, 0.1) is 6.61 Å². The summed E-state index contributed by atoms with van der Waals surface area (Å²) in [6, 6.07) is -2.05. The maximum absolute atomic E-state index is 10.8. The summed E-state index contributed by atoms with van der Waals surface area (Å²) in [5.41, 5.74) is 5.11. The number of rotatable bonds is 4. The van der Waals surface area contributed by atoms with Crippen molar-refractivity contribution < 1.29 is 19.8 Å². The third kappa shape index (κ3) is 3.31. The summed E-state index contributed by atoms with van der Waals surface area (Å²) in [6.07, 6.45) is 0. The van der Waals surface area contributed by atoms with Crippen molar-refractivity contribution in [3.05, 3.63) is 0 Å². The van der Waals surface area contributed by atoms with Crippen LogP contribution in [-0.4, -0.2) is 40.8 Å². The fourth-order valence-corrected chi connectivity index (χ4v) is 0.465. The van der Waals surface area contributed by atoms with Crippen LogP contribution in [0.4, 0.5) is 0 Å². The lowest BCUT2D eigenvalue weighted by Crippen LogP contribution is -2.48. The average Bonchev–Trinajstić information content (AvgIpc) is 2.02. The molecule has 0 radical (unpaired) electrons. The van der Waals surface area contributed by atoms with Crippen molar-refractivity contribution in [3.63, 3.8) is 0 Å². The Hall–Kier alpha value is -1.14. The van der Waals surface area contributed by atoms with Crippen molar-refractivity contribution in [2.75, 3.05) is 6.61 Å². The smallest absolute Gasteiger partial charge is 0.325 e. The van der Waals surface area contributed by atoms with Crippen LogP contribution in [0.3, 0.4) is 0 Å². The molecular weight excluding hydrogens is 164 g/mol. The van der Waals surface area contributed by atoms with E-state index in [4.69, 9.17) is 15.9 Å². The van der Waals surface area contributed by atoms with Crippen LogP contribution in [0.25, 0.3) is 0 Å². The molecule has 0 bridgehead atoms. The van der Waals surface area contributed by atoms with Gasteiger partial charge in [-0.25, -0.2) is 0 Å². The average molecular weight is 176 g/mol. The highest BCUT2D eigenvalue weighted by atomic mass is 16.4. The number of carboxylic acid groups (broad SMARTS) is 1. The molecule has 0 aliphatic heterocycles. The summed E-state index contributed by atoms with van der Waals surface area (Å²) < 4.78 is 0. The number of carbonyl (C=O) groups excluding carboxylic acids is 1. The minimum atomic E-state index is -1.14. The van der Waals surface area contributed by atoms with Crippen molar-refractivity contribution in [3.8, 4) is 0 Å². The summed E-state index contributed by atoms with van der Waals surface area (Å²) in [5.74, 6) is -1.82. The Balaban J connectivity index is 3.92. The van der Waals surface area contributed by atoms with Crippen LogP contribution in [0.15, 0.2) is 0 Å². The molecular formula is C6H12N2O4. The number of aliphatic hydroxyl groups excluding tert-OH is 1. The van der Waals surface area contributed by atoms with Gasteiger partial charge in [0, 0.05) is 0 Å². The van der Waals surface area contributed by atoms with Gasteiger partial charge < -0.3 is 21.3 Å². The van der Waals surface area contributed by atoms with E-state index in [0.29, 0.717) is 0 Å². The predicted octanol–water partition coefficient (Wildman–Crippen LogP) is -2.10. The Morgan fingerprint density at radius 2 is 2.08 bits per heavy atom. The monoisotopic (exact) mass is 176 g/mol. The van der Waals surface area contributed by atoms with Gasteiger partial charge in [-0.1, -0.05) is 0 Å². The Morgan fingerprint density at radius 1 is 1.58 bits per heavy atom. The SMILES string of the molecule is C[C@H](NC(=O)C(N)CO)C(=O)O. The molecule has 6 nitrogen and oxygen atoms in total. The number of nitrogens with two attached hydrogens (primary N) is 1. The van der Waals surface area contributed by atoms with E-state index in [9.17, 15) is 9.59 Å². The van der Waals surface area contributed by atoms with Gasteiger partial charge in [0.2, 0.25) is 5.91 Å². The van der Waals surface area contributed by atoms with Crippen molar-refractivity contribution >= 4 is 11.9 Å². The van der Waals surface area contributed by atoms with E-state index in [1.54, 1.807) is 0 Å². The highest BCUT2D eigenvalue weighted by Crippen LogP contribution is 1.83. The summed E-state index contributed by atoms with van der Waals surface area (Å²) in [7, 11) is 0. The Morgan fingerprint density at radius 3 is 2.42 bits per heavy atom. The van der Waals surface area contributed by atoms with Crippen LogP contribution in [0.2, 0.25) is 0 Å². The second-order valence-electron chi connectivity index (χ2n) is 2.36. The second-order valence-corrected chi connectivity index (χ2v) is 2.36. The summed E-state index contributed by atoms with van der Waals surface area (Å²) in [4.78, 5) is 21.1. The van der Waals surface area contributed by atoms with Crippen LogP contribution in [-0.2, 0) is 9.59 Å². The summed E-state index contributed by atoms with van der Waals surface area (Å²) >= 11 is 0. The molecule has 0 aliphatic rings. The molecule has 0 fully saturated rings. The molecule has 1 amide bonds. The molecule has 0 aliphatic carbocycles. The largest absolute Gasteiger partial charge is 0.480 e. The third-order valence-corrected chi connectivity index (χ3v) is 1.26. The molecule has 0 spiro atoms. The summed E-state index contributed by atoms with van der Waals surface area (Å²) in [6.45, 7) is 0.808. The van der Waals surface area contributed by atoms with E-state index >= 15 is 0 Å². The van der Waals surface area contributed by atoms with Gasteiger partial charge in [0.25, 0.3) is 0 Å². The molecule has 0 heterocycles. The van der Waals surface area contributed by atoms with E-state index in [0.717, 1.165) is 0 Å². The summed E-state index contributed by atoms with van der Waals surface area (Å²) in [5, 5.41) is 18.9. The van der Waals surface area contributed by atoms with E-state index in [1.165, 1.54) is 6.92 Å². The van der Waals surface area contributed by atoms with Gasteiger partial charge in [-0.2, -0.15) is 0 Å². The number of carbonyl (C=O) groups is 2. The van der Waals surface area contributed by atoms with Crippen molar-refractivity contribution in [1.82, 2.24) is 5.32 Å². The first-order valence-electron chi connectivity index (χ1n) is 3.38. The Bertz CT molecular complexity index is 182. The van der Waals surface area contributed by atoms with E-state index < -0.39 is 30.6 Å². The number of carboxylic acids is 1. The highest BCUT2D eigenvalue weighted by molar-refractivity contribution is 5.86.